The van der Waals surface area contributed by atoms with E-state index in [4.69, 9.17) is 21.1 Å². The Labute approximate surface area is 193 Å². The first-order chi connectivity index (χ1) is 15.3. The molecule has 0 bridgehead atoms. The minimum atomic E-state index is -0.739. The number of ether oxygens (including phenoxy) is 2. The highest BCUT2D eigenvalue weighted by atomic mass is 35.5. The molecule has 7 heteroatoms. The van der Waals surface area contributed by atoms with Crippen LogP contribution in [0.15, 0.2) is 48.0 Å². The van der Waals surface area contributed by atoms with Crippen molar-refractivity contribution in [1.29, 1.82) is 0 Å². The number of carbonyl (C=O) groups excluding carboxylic acids is 2. The molecule has 170 valence electrons. The fourth-order valence-corrected chi connectivity index (χ4v) is 4.06. The van der Waals surface area contributed by atoms with E-state index in [9.17, 15) is 14.7 Å². The van der Waals surface area contributed by atoms with Crippen LogP contribution in [0, 0.1) is 0 Å². The summed E-state index contributed by atoms with van der Waals surface area (Å²) in [4.78, 5) is 27.5. The molecule has 1 fully saturated rings. The van der Waals surface area contributed by atoms with Crippen molar-refractivity contribution in [3.63, 3.8) is 0 Å². The van der Waals surface area contributed by atoms with Crippen molar-refractivity contribution >= 4 is 29.1 Å². The van der Waals surface area contributed by atoms with Gasteiger partial charge in [-0.25, -0.2) is 0 Å². The summed E-state index contributed by atoms with van der Waals surface area (Å²) in [6.07, 6.45) is 0.560. The highest BCUT2D eigenvalue weighted by Gasteiger charge is 2.46. The maximum Gasteiger partial charge on any atom is 0.295 e. The predicted molar refractivity (Wildman–Crippen MR) is 124 cm³/mol. The van der Waals surface area contributed by atoms with E-state index in [1.54, 1.807) is 25.3 Å². The third kappa shape index (κ3) is 4.66. The highest BCUT2D eigenvalue weighted by Crippen LogP contribution is 2.41. The zero-order chi connectivity index (χ0) is 23.4. The molecule has 1 N–H and O–H groups in total. The van der Waals surface area contributed by atoms with Gasteiger partial charge in [0.2, 0.25) is 0 Å². The smallest absolute Gasteiger partial charge is 0.295 e. The van der Waals surface area contributed by atoms with Crippen LogP contribution in [0.1, 0.15) is 48.9 Å². The molecule has 6 nitrogen and oxygen atoms in total. The van der Waals surface area contributed by atoms with Crippen LogP contribution in [0.3, 0.4) is 0 Å². The molecule has 2 aromatic rings. The fourth-order valence-electron chi connectivity index (χ4n) is 3.86. The van der Waals surface area contributed by atoms with E-state index in [2.05, 4.69) is 13.8 Å². The molecule has 0 saturated carbocycles. The lowest BCUT2D eigenvalue weighted by atomic mass is 9.93. The lowest BCUT2D eigenvalue weighted by Crippen LogP contribution is -2.31. The summed E-state index contributed by atoms with van der Waals surface area (Å²) < 4.78 is 10.4. The van der Waals surface area contributed by atoms with Gasteiger partial charge >= 0.3 is 0 Å². The van der Waals surface area contributed by atoms with E-state index >= 15 is 0 Å². The molecule has 2 aromatic carbocycles. The van der Waals surface area contributed by atoms with Crippen LogP contribution in [-0.2, 0) is 14.3 Å². The normalized spacial score (nSPS) is 17.9. The van der Waals surface area contributed by atoms with Gasteiger partial charge in [-0.2, -0.15) is 0 Å². The Bertz CT molecular complexity index is 1030. The fraction of sp³-hybridized carbons (Fsp3) is 0.360. The second-order valence-electron chi connectivity index (χ2n) is 8.01. The van der Waals surface area contributed by atoms with Gasteiger partial charge in [0.05, 0.1) is 23.7 Å². The Morgan fingerprint density at radius 1 is 1.12 bits per heavy atom. The number of hydrogen-bond acceptors (Lipinski definition) is 5. The standard InChI is InChI=1S/C25H28ClNO5/c1-15(2)16-6-8-17(9-7-16)22-21(24(29)25(30)27(22)12-5-13-31-3)23(28)19-14-18(32-4)10-11-20(19)26/h6-11,14-15,22,28H,5,12-13H2,1-4H3/b23-21+. The van der Waals surface area contributed by atoms with Gasteiger partial charge in [0.15, 0.2) is 0 Å². The molecule has 3 rings (SSSR count). The van der Waals surface area contributed by atoms with Crippen molar-refractivity contribution in [1.82, 2.24) is 4.90 Å². The summed E-state index contributed by atoms with van der Waals surface area (Å²) >= 11 is 6.32. The number of methoxy groups -OCH3 is 2. The quantitative estimate of drug-likeness (QED) is 0.263. The van der Waals surface area contributed by atoms with Crippen molar-refractivity contribution in [3.8, 4) is 5.75 Å². The van der Waals surface area contributed by atoms with Gasteiger partial charge in [0.25, 0.3) is 11.7 Å². The Kier molecular flexibility index (Phi) is 7.59. The number of amides is 1. The van der Waals surface area contributed by atoms with Crippen molar-refractivity contribution in [3.05, 3.63) is 69.8 Å². The largest absolute Gasteiger partial charge is 0.507 e. The minimum absolute atomic E-state index is 0.0138. The van der Waals surface area contributed by atoms with Gasteiger partial charge in [0.1, 0.15) is 11.5 Å². The number of Topliss-reactive ketones (excluding diaryl/α,β-unsaturated/α-hetero) is 1. The summed E-state index contributed by atoms with van der Waals surface area (Å²) in [6.45, 7) is 4.95. The number of aliphatic hydroxyl groups excluding tert-OH is 1. The van der Waals surface area contributed by atoms with Crippen LogP contribution in [0.5, 0.6) is 5.75 Å². The van der Waals surface area contributed by atoms with Crippen LogP contribution in [0.4, 0.5) is 0 Å². The molecule has 32 heavy (non-hydrogen) atoms. The zero-order valence-electron chi connectivity index (χ0n) is 18.7. The average Bonchev–Trinajstić information content (AvgIpc) is 3.04. The third-order valence-corrected chi connectivity index (χ3v) is 5.96. The van der Waals surface area contributed by atoms with E-state index in [1.807, 2.05) is 24.3 Å². The Morgan fingerprint density at radius 3 is 2.41 bits per heavy atom. The molecule has 1 heterocycles. The number of ketones is 1. The van der Waals surface area contributed by atoms with Crippen LogP contribution < -0.4 is 4.74 Å². The first-order valence-electron chi connectivity index (χ1n) is 10.5. The molecule has 1 amide bonds. The summed E-state index contributed by atoms with van der Waals surface area (Å²) in [6, 6.07) is 11.8. The topological polar surface area (TPSA) is 76.1 Å². The number of nitrogens with zero attached hydrogens (tertiary/aromatic N) is 1. The Morgan fingerprint density at radius 2 is 1.81 bits per heavy atom. The predicted octanol–water partition coefficient (Wildman–Crippen LogP) is 4.93. The Balaban J connectivity index is 2.16. The second-order valence-corrected chi connectivity index (χ2v) is 8.41. The van der Waals surface area contributed by atoms with Gasteiger partial charge < -0.3 is 19.5 Å². The van der Waals surface area contributed by atoms with Gasteiger partial charge in [-0.05, 0) is 41.7 Å². The van der Waals surface area contributed by atoms with E-state index < -0.39 is 17.7 Å². The van der Waals surface area contributed by atoms with Crippen LogP contribution in [0.2, 0.25) is 5.02 Å². The molecular weight excluding hydrogens is 430 g/mol. The van der Waals surface area contributed by atoms with Crippen molar-refractivity contribution in [2.75, 3.05) is 27.4 Å². The number of hydrogen-bond donors (Lipinski definition) is 1. The maximum absolute atomic E-state index is 13.1. The van der Waals surface area contributed by atoms with Gasteiger partial charge in [-0.15, -0.1) is 0 Å². The van der Waals surface area contributed by atoms with E-state index in [0.29, 0.717) is 31.2 Å². The molecule has 0 aliphatic carbocycles. The second kappa shape index (κ2) is 10.2. The maximum atomic E-state index is 13.1. The van der Waals surface area contributed by atoms with Crippen molar-refractivity contribution in [2.24, 2.45) is 0 Å². The van der Waals surface area contributed by atoms with Crippen LogP contribution in [0.25, 0.3) is 5.76 Å². The highest BCUT2D eigenvalue weighted by molar-refractivity contribution is 6.47. The molecular formula is C25H28ClNO5. The summed E-state index contributed by atoms with van der Waals surface area (Å²) in [5.41, 5.74) is 2.14. The summed E-state index contributed by atoms with van der Waals surface area (Å²) in [5.74, 6) is -0.897. The molecule has 1 aliphatic rings. The van der Waals surface area contributed by atoms with Gasteiger partial charge in [-0.3, -0.25) is 9.59 Å². The molecule has 1 unspecified atom stereocenters. The first-order valence-corrected chi connectivity index (χ1v) is 10.9. The van der Waals surface area contributed by atoms with Crippen molar-refractivity contribution < 1.29 is 24.2 Å². The number of halogens is 1. The number of likely N-dealkylation sites (tertiary alicyclic amines) is 1. The minimum Gasteiger partial charge on any atom is -0.507 e. The zero-order valence-corrected chi connectivity index (χ0v) is 19.5. The summed E-state index contributed by atoms with van der Waals surface area (Å²) in [7, 11) is 3.08. The van der Waals surface area contributed by atoms with E-state index in [-0.39, 0.29) is 21.9 Å². The molecule has 1 saturated heterocycles. The van der Waals surface area contributed by atoms with E-state index in [1.165, 1.54) is 12.0 Å². The Hall–Kier alpha value is -2.83. The molecule has 0 spiro atoms. The van der Waals surface area contributed by atoms with Gasteiger partial charge in [-0.1, -0.05) is 49.7 Å². The lowest BCUT2D eigenvalue weighted by molar-refractivity contribution is -0.140. The monoisotopic (exact) mass is 457 g/mol. The average molecular weight is 458 g/mol. The number of carbonyl (C=O) groups is 2. The van der Waals surface area contributed by atoms with E-state index in [0.717, 1.165) is 11.1 Å². The van der Waals surface area contributed by atoms with Crippen molar-refractivity contribution in [2.45, 2.75) is 32.2 Å². The molecule has 1 aliphatic heterocycles. The summed E-state index contributed by atoms with van der Waals surface area (Å²) in [5, 5.41) is 11.4. The molecule has 0 aromatic heterocycles. The lowest BCUT2D eigenvalue weighted by Gasteiger charge is -2.25. The van der Waals surface area contributed by atoms with Crippen LogP contribution in [-0.4, -0.2) is 49.1 Å². The molecule has 0 radical (unpaired) electrons. The number of aliphatic hydroxyl groups is 1. The van der Waals surface area contributed by atoms with Gasteiger partial charge in [0, 0.05) is 25.8 Å². The number of rotatable bonds is 8. The first kappa shape index (κ1) is 23.8. The number of benzene rings is 2. The molecule has 1 atom stereocenters. The third-order valence-electron chi connectivity index (χ3n) is 5.63. The van der Waals surface area contributed by atoms with Crippen LogP contribution >= 0.6 is 11.6 Å². The SMILES string of the molecule is COCCCN1C(=O)C(=O)/C(=C(/O)c2cc(OC)ccc2Cl)C1c1ccc(C(C)C)cc1.